The molecule has 1 aromatic carbocycles. The van der Waals surface area contributed by atoms with Crippen molar-refractivity contribution < 1.29 is 13.2 Å². The molecule has 2 N–H and O–H groups in total. The Labute approximate surface area is 114 Å². The van der Waals surface area contributed by atoms with Crippen LogP contribution in [-0.4, -0.2) is 15.0 Å². The van der Waals surface area contributed by atoms with Crippen molar-refractivity contribution in [3.63, 3.8) is 0 Å². The van der Waals surface area contributed by atoms with Crippen LogP contribution in [0.25, 0.3) is 0 Å². The fraction of sp³-hybridized carbons (Fsp3) is 0.462. The highest BCUT2D eigenvalue weighted by molar-refractivity contribution is 7.89. The number of sulfonamides is 1. The van der Waals surface area contributed by atoms with Gasteiger partial charge in [-0.2, -0.15) is 5.26 Å². The van der Waals surface area contributed by atoms with Crippen molar-refractivity contribution in [2.24, 2.45) is 10.6 Å². The van der Waals surface area contributed by atoms with Gasteiger partial charge in [-0.05, 0) is 51.0 Å². The first-order chi connectivity index (χ1) is 8.74. The molecule has 104 valence electrons. The first-order valence-corrected chi connectivity index (χ1v) is 7.46. The summed E-state index contributed by atoms with van der Waals surface area (Å²) < 4.78 is 27.6. The minimum Gasteiger partial charge on any atom is -0.494 e. The van der Waals surface area contributed by atoms with Crippen molar-refractivity contribution in [3.8, 4) is 11.8 Å². The summed E-state index contributed by atoms with van der Waals surface area (Å²) in [6, 6.07) is 8.17. The Hall–Kier alpha value is -1.58. The van der Waals surface area contributed by atoms with Crippen LogP contribution < -0.4 is 9.88 Å². The first kappa shape index (κ1) is 15.5. The highest BCUT2D eigenvalue weighted by Gasteiger charge is 2.15. The topological polar surface area (TPSA) is 93.2 Å². The fourth-order valence-corrected chi connectivity index (χ4v) is 2.00. The van der Waals surface area contributed by atoms with Crippen molar-refractivity contribution in [3.05, 3.63) is 24.3 Å². The molecule has 19 heavy (non-hydrogen) atoms. The van der Waals surface area contributed by atoms with Gasteiger partial charge in [0.2, 0.25) is 10.0 Å². The summed E-state index contributed by atoms with van der Waals surface area (Å²) in [6.45, 7) is 4.25. The fourth-order valence-electron chi connectivity index (χ4n) is 1.49. The second-order valence-electron chi connectivity index (χ2n) is 4.96. The van der Waals surface area contributed by atoms with Crippen molar-refractivity contribution >= 4 is 10.0 Å². The number of primary sulfonamides is 1. The first-order valence-electron chi connectivity index (χ1n) is 5.91. The van der Waals surface area contributed by atoms with E-state index in [4.69, 9.17) is 15.1 Å². The molecule has 0 aliphatic carbocycles. The third-order valence-electron chi connectivity index (χ3n) is 2.67. The lowest BCUT2D eigenvalue weighted by molar-refractivity contribution is 0.284. The normalized spacial score (nSPS) is 11.9. The summed E-state index contributed by atoms with van der Waals surface area (Å²) >= 11 is 0. The van der Waals surface area contributed by atoms with E-state index in [0.29, 0.717) is 12.4 Å². The molecule has 0 aromatic heterocycles. The van der Waals surface area contributed by atoms with Gasteiger partial charge < -0.3 is 4.74 Å². The van der Waals surface area contributed by atoms with Crippen LogP contribution in [0.5, 0.6) is 5.75 Å². The minimum absolute atomic E-state index is 0.0606. The van der Waals surface area contributed by atoms with E-state index in [9.17, 15) is 8.42 Å². The summed E-state index contributed by atoms with van der Waals surface area (Å²) in [5, 5.41) is 13.9. The molecule has 0 unspecified atom stereocenters. The second-order valence-corrected chi connectivity index (χ2v) is 6.53. The smallest absolute Gasteiger partial charge is 0.238 e. The predicted molar refractivity (Wildman–Crippen MR) is 71.9 cm³/mol. The zero-order chi connectivity index (χ0) is 14.5. The lowest BCUT2D eigenvalue weighted by atomic mass is 9.90. The van der Waals surface area contributed by atoms with Crippen LogP contribution in [-0.2, 0) is 10.0 Å². The average molecular weight is 282 g/mol. The van der Waals surface area contributed by atoms with Gasteiger partial charge in [0.25, 0.3) is 0 Å². The standard InChI is InChI=1S/C13H18N2O3S/c1-13(2,10-14)8-3-9-18-11-4-6-12(7-5-11)19(15,16)17/h4-7H,3,8-9H2,1-2H3,(H2,15,16,17). The van der Waals surface area contributed by atoms with E-state index >= 15 is 0 Å². The van der Waals surface area contributed by atoms with Crippen LogP contribution in [0.2, 0.25) is 0 Å². The van der Waals surface area contributed by atoms with E-state index in [1.807, 2.05) is 13.8 Å². The summed E-state index contributed by atoms with van der Waals surface area (Å²) in [4.78, 5) is 0.0606. The number of nitrogens with two attached hydrogens (primary N) is 1. The van der Waals surface area contributed by atoms with E-state index in [1.165, 1.54) is 12.1 Å². The Bertz CT molecular complexity index is 557. The van der Waals surface area contributed by atoms with Crippen molar-refractivity contribution in [1.82, 2.24) is 0 Å². The van der Waals surface area contributed by atoms with Gasteiger partial charge in [0, 0.05) is 0 Å². The molecule has 0 amide bonds. The quantitative estimate of drug-likeness (QED) is 0.808. The predicted octanol–water partition coefficient (Wildman–Crippen LogP) is 2.04. The summed E-state index contributed by atoms with van der Waals surface area (Å²) in [7, 11) is -3.66. The van der Waals surface area contributed by atoms with E-state index in [-0.39, 0.29) is 10.3 Å². The van der Waals surface area contributed by atoms with Crippen molar-refractivity contribution in [2.45, 2.75) is 31.6 Å². The molecule has 0 atom stereocenters. The monoisotopic (exact) mass is 282 g/mol. The number of hydrogen-bond donors (Lipinski definition) is 1. The Balaban J connectivity index is 2.46. The van der Waals surface area contributed by atoms with E-state index in [0.717, 1.165) is 12.8 Å². The van der Waals surface area contributed by atoms with E-state index in [1.54, 1.807) is 12.1 Å². The Morgan fingerprint density at radius 3 is 2.37 bits per heavy atom. The third kappa shape index (κ3) is 5.28. The number of benzene rings is 1. The van der Waals surface area contributed by atoms with Gasteiger partial charge in [-0.3, -0.25) is 0 Å². The molecule has 0 aliphatic heterocycles. The maximum absolute atomic E-state index is 11.1. The molecule has 6 heteroatoms. The number of ether oxygens (including phenoxy) is 1. The summed E-state index contributed by atoms with van der Waals surface area (Å²) in [5.74, 6) is 0.585. The van der Waals surface area contributed by atoms with Crippen molar-refractivity contribution in [2.75, 3.05) is 6.61 Å². The molecule has 0 fully saturated rings. The van der Waals surface area contributed by atoms with Crippen LogP contribution in [0, 0.1) is 16.7 Å². The van der Waals surface area contributed by atoms with Crippen LogP contribution in [0.15, 0.2) is 29.2 Å². The van der Waals surface area contributed by atoms with Gasteiger partial charge in [0.05, 0.1) is 23.0 Å². The van der Waals surface area contributed by atoms with E-state index in [2.05, 4.69) is 6.07 Å². The maximum atomic E-state index is 11.1. The summed E-state index contributed by atoms with van der Waals surface area (Å²) in [5.41, 5.74) is -0.346. The van der Waals surface area contributed by atoms with Gasteiger partial charge in [0.1, 0.15) is 5.75 Å². The van der Waals surface area contributed by atoms with Gasteiger partial charge in [-0.1, -0.05) is 0 Å². The minimum atomic E-state index is -3.66. The molecule has 0 bridgehead atoms. The largest absolute Gasteiger partial charge is 0.494 e. The number of nitrogens with zero attached hydrogens (tertiary/aromatic N) is 1. The number of nitriles is 1. The maximum Gasteiger partial charge on any atom is 0.238 e. The lowest BCUT2D eigenvalue weighted by Gasteiger charge is -2.14. The highest BCUT2D eigenvalue weighted by atomic mass is 32.2. The molecule has 0 aliphatic rings. The summed E-state index contributed by atoms with van der Waals surface area (Å²) in [6.07, 6.45) is 1.51. The third-order valence-corrected chi connectivity index (χ3v) is 3.60. The zero-order valence-corrected chi connectivity index (χ0v) is 11.9. The Morgan fingerprint density at radius 1 is 1.32 bits per heavy atom. The molecular weight excluding hydrogens is 264 g/mol. The Morgan fingerprint density at radius 2 is 1.89 bits per heavy atom. The molecular formula is C13H18N2O3S. The Kier molecular flexibility index (Phi) is 4.92. The van der Waals surface area contributed by atoms with Gasteiger partial charge in [-0.25, -0.2) is 13.6 Å². The average Bonchev–Trinajstić information content (AvgIpc) is 2.34. The SMILES string of the molecule is CC(C)(C#N)CCCOc1ccc(S(N)(=O)=O)cc1. The molecule has 1 aromatic rings. The molecule has 1 rings (SSSR count). The molecule has 0 radical (unpaired) electrons. The van der Waals surface area contributed by atoms with Crippen LogP contribution in [0.4, 0.5) is 0 Å². The number of rotatable bonds is 6. The number of hydrogen-bond acceptors (Lipinski definition) is 4. The van der Waals surface area contributed by atoms with Crippen LogP contribution in [0.1, 0.15) is 26.7 Å². The van der Waals surface area contributed by atoms with Gasteiger partial charge >= 0.3 is 0 Å². The molecule has 0 saturated carbocycles. The lowest BCUT2D eigenvalue weighted by Crippen LogP contribution is -2.12. The molecule has 5 nitrogen and oxygen atoms in total. The second kappa shape index (κ2) is 6.04. The highest BCUT2D eigenvalue weighted by Crippen LogP contribution is 2.21. The van der Waals surface area contributed by atoms with Crippen molar-refractivity contribution in [1.29, 1.82) is 5.26 Å². The van der Waals surface area contributed by atoms with Crippen LogP contribution >= 0.6 is 0 Å². The molecule has 0 spiro atoms. The van der Waals surface area contributed by atoms with Crippen LogP contribution in [0.3, 0.4) is 0 Å². The molecule has 0 saturated heterocycles. The van der Waals surface area contributed by atoms with Gasteiger partial charge in [0.15, 0.2) is 0 Å². The van der Waals surface area contributed by atoms with E-state index < -0.39 is 10.0 Å². The van der Waals surface area contributed by atoms with Gasteiger partial charge in [-0.15, -0.1) is 0 Å². The zero-order valence-electron chi connectivity index (χ0n) is 11.1. The molecule has 0 heterocycles.